The van der Waals surface area contributed by atoms with Crippen LogP contribution >= 0.6 is 0 Å². The molecule has 2 aromatic rings. The number of nitrogens with zero attached hydrogens (tertiary/aromatic N) is 2. The number of benzene rings is 1. The summed E-state index contributed by atoms with van der Waals surface area (Å²) >= 11 is 0. The minimum atomic E-state index is -3.63. The normalized spacial score (nSPS) is 18.0. The Labute approximate surface area is 199 Å². The van der Waals surface area contributed by atoms with Gasteiger partial charge in [-0.1, -0.05) is 12.1 Å². The quantitative estimate of drug-likeness (QED) is 0.613. The highest BCUT2D eigenvalue weighted by Crippen LogP contribution is 2.28. The Morgan fingerprint density at radius 1 is 1.26 bits per heavy atom. The van der Waals surface area contributed by atoms with Gasteiger partial charge < -0.3 is 20.5 Å². The van der Waals surface area contributed by atoms with Gasteiger partial charge in [-0.15, -0.1) is 4.40 Å². The molecule has 3 N–H and O–H groups in total. The molecule has 0 saturated carbocycles. The van der Waals surface area contributed by atoms with E-state index in [0.717, 1.165) is 38.2 Å². The zero-order chi connectivity index (χ0) is 24.3. The van der Waals surface area contributed by atoms with E-state index in [9.17, 15) is 13.2 Å². The predicted molar refractivity (Wildman–Crippen MR) is 128 cm³/mol. The SMILES string of the molecule is CC(C)(COc1cccc2c1C(N)=NS(=O)(=O)C2)NC(=O)c1ccnc(CC2CCOCC2)c1. The smallest absolute Gasteiger partial charge is 0.259 e. The molecule has 1 aromatic carbocycles. The van der Waals surface area contributed by atoms with Crippen LogP contribution in [0.3, 0.4) is 0 Å². The fourth-order valence-electron chi connectivity index (χ4n) is 4.18. The Morgan fingerprint density at radius 3 is 2.79 bits per heavy atom. The van der Waals surface area contributed by atoms with E-state index < -0.39 is 15.6 Å². The summed E-state index contributed by atoms with van der Waals surface area (Å²) in [5.74, 6) is 0.420. The highest BCUT2D eigenvalue weighted by molar-refractivity contribution is 7.89. The third-order valence-electron chi connectivity index (χ3n) is 5.90. The maximum atomic E-state index is 13.0. The van der Waals surface area contributed by atoms with Crippen LogP contribution in [0.5, 0.6) is 5.75 Å². The Kier molecular flexibility index (Phi) is 6.90. The molecule has 1 fully saturated rings. The summed E-state index contributed by atoms with van der Waals surface area (Å²) in [5, 5.41) is 3.01. The third-order valence-corrected chi connectivity index (χ3v) is 7.05. The number of carbonyl (C=O) groups is 1. The predicted octanol–water partition coefficient (Wildman–Crippen LogP) is 2.19. The number of sulfonamides is 1. The second-order valence-corrected chi connectivity index (χ2v) is 11.1. The maximum absolute atomic E-state index is 13.0. The lowest BCUT2D eigenvalue weighted by atomic mass is 9.94. The van der Waals surface area contributed by atoms with Gasteiger partial charge in [-0.2, -0.15) is 0 Å². The summed E-state index contributed by atoms with van der Waals surface area (Å²) < 4.78 is 38.8. The lowest BCUT2D eigenvalue weighted by Crippen LogP contribution is -2.48. The molecule has 0 spiro atoms. The number of nitrogens with two attached hydrogens (primary N) is 1. The number of carbonyl (C=O) groups excluding carboxylic acids is 1. The molecule has 3 heterocycles. The Morgan fingerprint density at radius 2 is 2.03 bits per heavy atom. The first-order chi connectivity index (χ1) is 16.1. The number of ether oxygens (including phenoxy) is 2. The summed E-state index contributed by atoms with van der Waals surface area (Å²) in [7, 11) is -3.63. The van der Waals surface area contributed by atoms with Crippen LogP contribution in [0.2, 0.25) is 0 Å². The molecule has 4 rings (SSSR count). The van der Waals surface area contributed by atoms with Crippen molar-refractivity contribution in [2.45, 2.75) is 44.4 Å². The van der Waals surface area contributed by atoms with Crippen LogP contribution < -0.4 is 15.8 Å². The minimum absolute atomic E-state index is 0.0902. The lowest BCUT2D eigenvalue weighted by Gasteiger charge is -2.28. The number of hydrogen-bond acceptors (Lipinski definition) is 7. The third kappa shape index (κ3) is 5.92. The number of nitrogens with one attached hydrogen (secondary N) is 1. The van der Waals surface area contributed by atoms with E-state index in [1.807, 2.05) is 19.9 Å². The van der Waals surface area contributed by atoms with Crippen molar-refractivity contribution >= 4 is 21.8 Å². The van der Waals surface area contributed by atoms with Crippen LogP contribution in [0, 0.1) is 5.92 Å². The van der Waals surface area contributed by atoms with Gasteiger partial charge in [0.2, 0.25) is 0 Å². The number of amidine groups is 1. The molecule has 1 aromatic heterocycles. The molecule has 1 saturated heterocycles. The van der Waals surface area contributed by atoms with E-state index in [1.165, 1.54) is 0 Å². The van der Waals surface area contributed by atoms with Crippen LogP contribution in [-0.4, -0.2) is 50.5 Å². The monoisotopic (exact) mass is 486 g/mol. The van der Waals surface area contributed by atoms with Crippen molar-refractivity contribution in [1.29, 1.82) is 0 Å². The average molecular weight is 487 g/mol. The number of aromatic nitrogens is 1. The van der Waals surface area contributed by atoms with Gasteiger partial charge in [-0.3, -0.25) is 9.78 Å². The van der Waals surface area contributed by atoms with Gasteiger partial charge in [-0.25, -0.2) is 8.42 Å². The van der Waals surface area contributed by atoms with Crippen molar-refractivity contribution in [2.75, 3.05) is 19.8 Å². The molecule has 0 atom stereocenters. The number of hydrogen-bond donors (Lipinski definition) is 2. The molecule has 9 nitrogen and oxygen atoms in total. The van der Waals surface area contributed by atoms with Crippen molar-refractivity contribution in [3.05, 3.63) is 58.9 Å². The summed E-state index contributed by atoms with van der Waals surface area (Å²) in [5.41, 5.74) is 7.66. The molecule has 0 radical (unpaired) electrons. The Balaban J connectivity index is 1.41. The van der Waals surface area contributed by atoms with Crippen molar-refractivity contribution in [1.82, 2.24) is 10.3 Å². The number of amides is 1. The van der Waals surface area contributed by atoms with Crippen LogP contribution in [0.25, 0.3) is 0 Å². The number of fused-ring (bicyclic) bond motifs is 1. The largest absolute Gasteiger partial charge is 0.490 e. The van der Waals surface area contributed by atoms with Gasteiger partial charge in [-0.05, 0) is 62.8 Å². The van der Waals surface area contributed by atoms with Crippen LogP contribution in [0.4, 0.5) is 0 Å². The second kappa shape index (κ2) is 9.71. The minimum Gasteiger partial charge on any atom is -0.490 e. The molecule has 182 valence electrons. The molecule has 2 aliphatic rings. The van der Waals surface area contributed by atoms with Crippen LogP contribution in [0.1, 0.15) is 53.9 Å². The Hall–Kier alpha value is -2.98. The van der Waals surface area contributed by atoms with E-state index in [2.05, 4.69) is 14.7 Å². The van der Waals surface area contributed by atoms with Gasteiger partial charge in [0, 0.05) is 30.7 Å². The van der Waals surface area contributed by atoms with Crippen molar-refractivity contribution < 1.29 is 22.7 Å². The van der Waals surface area contributed by atoms with E-state index in [1.54, 1.807) is 30.5 Å². The van der Waals surface area contributed by atoms with Gasteiger partial charge in [0.25, 0.3) is 15.9 Å². The van der Waals surface area contributed by atoms with Gasteiger partial charge >= 0.3 is 0 Å². The maximum Gasteiger partial charge on any atom is 0.259 e. The molecule has 10 heteroatoms. The first kappa shape index (κ1) is 24.2. The topological polar surface area (TPSA) is 133 Å². The zero-order valence-electron chi connectivity index (χ0n) is 19.4. The molecule has 0 unspecified atom stereocenters. The highest BCUT2D eigenvalue weighted by atomic mass is 32.2. The van der Waals surface area contributed by atoms with E-state index >= 15 is 0 Å². The van der Waals surface area contributed by atoms with Crippen LogP contribution in [-0.2, 0) is 26.9 Å². The van der Waals surface area contributed by atoms with Gasteiger partial charge in [0.15, 0.2) is 0 Å². The lowest BCUT2D eigenvalue weighted by molar-refractivity contribution is 0.0662. The fourth-order valence-corrected chi connectivity index (χ4v) is 5.27. The Bertz CT molecular complexity index is 1200. The first-order valence-corrected chi connectivity index (χ1v) is 12.9. The highest BCUT2D eigenvalue weighted by Gasteiger charge is 2.27. The molecule has 0 bridgehead atoms. The average Bonchev–Trinajstić information content (AvgIpc) is 2.77. The summed E-state index contributed by atoms with van der Waals surface area (Å²) in [4.78, 5) is 17.4. The molecular formula is C24H30N4O5S. The second-order valence-electron chi connectivity index (χ2n) is 9.42. The summed E-state index contributed by atoms with van der Waals surface area (Å²) in [6, 6.07) is 8.65. The van der Waals surface area contributed by atoms with Crippen molar-refractivity contribution in [2.24, 2.45) is 16.0 Å². The molecule has 2 aliphatic heterocycles. The molecule has 0 aliphatic carbocycles. The van der Waals surface area contributed by atoms with Gasteiger partial charge in [0.05, 0.1) is 16.9 Å². The molecule has 1 amide bonds. The van der Waals surface area contributed by atoms with Crippen molar-refractivity contribution in [3.63, 3.8) is 0 Å². The van der Waals surface area contributed by atoms with Crippen LogP contribution in [0.15, 0.2) is 40.9 Å². The van der Waals surface area contributed by atoms with E-state index in [4.69, 9.17) is 15.2 Å². The number of pyridine rings is 1. The summed E-state index contributed by atoms with van der Waals surface area (Å²) in [6.07, 6.45) is 4.51. The standard InChI is InChI=1S/C24H30N4O5S/c1-24(2,15-33-20-5-3-4-18-14-34(30,31)28-22(25)21(18)20)27-23(29)17-6-9-26-19(13-17)12-16-7-10-32-11-8-16/h3-6,9,13,16H,7-8,10-12,14-15H2,1-2H3,(H2,25,28)(H,27,29). The number of rotatable bonds is 7. The fraction of sp³-hybridized carbons (Fsp3) is 0.458. The molecule has 34 heavy (non-hydrogen) atoms. The molecular weight excluding hydrogens is 456 g/mol. The zero-order valence-corrected chi connectivity index (χ0v) is 20.2. The summed E-state index contributed by atoms with van der Waals surface area (Å²) in [6.45, 7) is 5.40. The van der Waals surface area contributed by atoms with Gasteiger partial charge in [0.1, 0.15) is 18.2 Å². The van der Waals surface area contributed by atoms with Crippen molar-refractivity contribution in [3.8, 4) is 5.75 Å². The van der Waals surface area contributed by atoms with E-state index in [0.29, 0.717) is 28.4 Å². The first-order valence-electron chi connectivity index (χ1n) is 11.3. The van der Waals surface area contributed by atoms with E-state index in [-0.39, 0.29) is 24.1 Å².